The Bertz CT molecular complexity index is 525. The summed E-state index contributed by atoms with van der Waals surface area (Å²) in [5.41, 5.74) is 4.99. The highest BCUT2D eigenvalue weighted by molar-refractivity contribution is 5.97. The van der Waals surface area contributed by atoms with Crippen molar-refractivity contribution in [2.45, 2.75) is 6.04 Å². The van der Waals surface area contributed by atoms with E-state index in [0.29, 0.717) is 0 Å². The number of morpholine rings is 1. The van der Waals surface area contributed by atoms with Gasteiger partial charge in [-0.05, 0) is 0 Å². The van der Waals surface area contributed by atoms with Crippen LogP contribution in [-0.4, -0.2) is 58.7 Å². The van der Waals surface area contributed by atoms with Crippen LogP contribution in [0.4, 0.5) is 0 Å². The molecule has 0 aromatic carbocycles. The second-order valence-electron chi connectivity index (χ2n) is 3.87. The summed E-state index contributed by atoms with van der Waals surface area (Å²) in [5, 5.41) is 12.0. The molecule has 0 radical (unpaired) electrons. The maximum atomic E-state index is 12.1. The minimum atomic E-state index is -1.33. The molecule has 0 spiro atoms. The highest BCUT2D eigenvalue weighted by Crippen LogP contribution is 2.13. The highest BCUT2D eigenvalue weighted by atomic mass is 16.5. The van der Waals surface area contributed by atoms with Gasteiger partial charge in [-0.15, -0.1) is 0 Å². The second kappa shape index (κ2) is 5.06. The van der Waals surface area contributed by atoms with Crippen molar-refractivity contribution in [3.05, 3.63) is 17.5 Å². The number of primary amides is 1. The quantitative estimate of drug-likeness (QED) is 0.695. The van der Waals surface area contributed by atoms with Crippen molar-refractivity contribution in [2.75, 3.05) is 19.8 Å². The summed E-state index contributed by atoms with van der Waals surface area (Å²) in [4.78, 5) is 35.1. The molecular weight excluding hydrogens is 258 g/mol. The van der Waals surface area contributed by atoms with Gasteiger partial charge in [0.1, 0.15) is 6.04 Å². The van der Waals surface area contributed by atoms with E-state index in [-0.39, 0.29) is 25.5 Å². The molecule has 1 aromatic heterocycles. The summed E-state index contributed by atoms with van der Waals surface area (Å²) in [6, 6.07) is 0.101. The molecule has 1 unspecified atom stereocenters. The Labute approximate surface area is 106 Å². The van der Waals surface area contributed by atoms with Crippen molar-refractivity contribution in [1.82, 2.24) is 10.1 Å². The number of nitrogens with zero attached hydrogens (tertiary/aromatic N) is 2. The van der Waals surface area contributed by atoms with Crippen LogP contribution in [0.25, 0.3) is 0 Å². The molecule has 0 saturated carbocycles. The van der Waals surface area contributed by atoms with Crippen molar-refractivity contribution in [1.29, 1.82) is 0 Å². The zero-order valence-corrected chi connectivity index (χ0v) is 9.74. The minimum Gasteiger partial charge on any atom is -0.475 e. The topological polar surface area (TPSA) is 136 Å². The molecule has 0 bridgehead atoms. The average Bonchev–Trinajstić information content (AvgIpc) is 2.87. The summed E-state index contributed by atoms with van der Waals surface area (Å²) < 4.78 is 9.56. The molecule has 1 aliphatic heterocycles. The molecule has 102 valence electrons. The zero-order chi connectivity index (χ0) is 14.0. The number of carboxylic acids is 1. The summed E-state index contributed by atoms with van der Waals surface area (Å²) in [7, 11) is 0. The summed E-state index contributed by atoms with van der Waals surface area (Å²) >= 11 is 0. The molecule has 1 fully saturated rings. The van der Waals surface area contributed by atoms with Gasteiger partial charge in [0.15, 0.2) is 5.69 Å². The molecule has 1 aliphatic rings. The van der Waals surface area contributed by atoms with Crippen LogP contribution in [0.1, 0.15) is 21.0 Å². The smallest absolute Gasteiger partial charge is 0.374 e. The van der Waals surface area contributed by atoms with Crippen LogP contribution in [-0.2, 0) is 9.53 Å². The van der Waals surface area contributed by atoms with Gasteiger partial charge in [0.05, 0.1) is 13.2 Å². The Hall–Kier alpha value is -2.42. The third-order valence-corrected chi connectivity index (χ3v) is 2.66. The van der Waals surface area contributed by atoms with Crippen LogP contribution in [0.5, 0.6) is 0 Å². The van der Waals surface area contributed by atoms with Gasteiger partial charge in [0, 0.05) is 12.6 Å². The molecule has 1 saturated heterocycles. The number of rotatable bonds is 3. The van der Waals surface area contributed by atoms with Crippen LogP contribution >= 0.6 is 0 Å². The first-order valence-electron chi connectivity index (χ1n) is 5.38. The number of nitrogens with two attached hydrogens (primary N) is 1. The Morgan fingerprint density at radius 2 is 2.21 bits per heavy atom. The maximum Gasteiger partial charge on any atom is 0.374 e. The molecule has 1 atom stereocenters. The Kier molecular flexibility index (Phi) is 3.47. The maximum absolute atomic E-state index is 12.1. The lowest BCUT2D eigenvalue weighted by Crippen LogP contribution is -2.54. The van der Waals surface area contributed by atoms with Gasteiger partial charge in [-0.25, -0.2) is 4.79 Å². The molecule has 0 aliphatic carbocycles. The van der Waals surface area contributed by atoms with Gasteiger partial charge < -0.3 is 25.0 Å². The van der Waals surface area contributed by atoms with E-state index in [0.717, 1.165) is 6.07 Å². The van der Waals surface area contributed by atoms with Crippen LogP contribution in [0.2, 0.25) is 0 Å². The molecule has 3 N–H and O–H groups in total. The van der Waals surface area contributed by atoms with Crippen molar-refractivity contribution in [3.63, 3.8) is 0 Å². The average molecular weight is 269 g/mol. The minimum absolute atomic E-state index is 0.00468. The van der Waals surface area contributed by atoms with Gasteiger partial charge in [-0.3, -0.25) is 9.59 Å². The molecule has 1 aromatic rings. The number of ether oxygens (including phenoxy) is 1. The van der Waals surface area contributed by atoms with E-state index in [4.69, 9.17) is 15.6 Å². The lowest BCUT2D eigenvalue weighted by atomic mass is 10.2. The van der Waals surface area contributed by atoms with Gasteiger partial charge in [-0.1, -0.05) is 5.16 Å². The summed E-state index contributed by atoms with van der Waals surface area (Å²) in [6.07, 6.45) is 0. The standard InChI is InChI=1S/C10H11N3O6/c11-8(14)6-4-18-2-1-13(6)9(15)5-3-7(10(16)17)19-12-5/h3,6H,1-2,4H2,(H2,11,14)(H,16,17). The Morgan fingerprint density at radius 1 is 1.47 bits per heavy atom. The number of amides is 2. The number of carboxylic acid groups (broad SMARTS) is 1. The Morgan fingerprint density at radius 3 is 2.79 bits per heavy atom. The predicted octanol–water partition coefficient (Wildman–Crippen LogP) is -1.30. The summed E-state index contributed by atoms with van der Waals surface area (Å²) in [6.45, 7) is 0.436. The third kappa shape index (κ3) is 2.55. The number of carbonyl (C=O) groups excluding carboxylic acids is 2. The summed E-state index contributed by atoms with van der Waals surface area (Å²) in [5.74, 6) is -3.11. The zero-order valence-electron chi connectivity index (χ0n) is 9.74. The molecule has 2 amide bonds. The lowest BCUT2D eigenvalue weighted by Gasteiger charge is -2.32. The number of aromatic nitrogens is 1. The van der Waals surface area contributed by atoms with E-state index in [1.165, 1.54) is 4.90 Å². The molecule has 19 heavy (non-hydrogen) atoms. The van der Waals surface area contributed by atoms with E-state index < -0.39 is 29.6 Å². The van der Waals surface area contributed by atoms with E-state index in [9.17, 15) is 14.4 Å². The number of aromatic carboxylic acids is 1. The molecule has 9 heteroatoms. The fourth-order valence-corrected chi connectivity index (χ4v) is 1.71. The molecule has 9 nitrogen and oxygen atoms in total. The van der Waals surface area contributed by atoms with E-state index in [1.807, 2.05) is 0 Å². The second-order valence-corrected chi connectivity index (χ2v) is 3.87. The number of carbonyl (C=O) groups is 3. The van der Waals surface area contributed by atoms with Crippen LogP contribution in [0, 0.1) is 0 Å². The predicted molar refractivity (Wildman–Crippen MR) is 58.3 cm³/mol. The van der Waals surface area contributed by atoms with Crippen molar-refractivity contribution in [2.24, 2.45) is 5.73 Å². The molecule has 2 rings (SSSR count). The van der Waals surface area contributed by atoms with Crippen LogP contribution in [0.15, 0.2) is 10.6 Å². The van der Waals surface area contributed by atoms with Gasteiger partial charge in [-0.2, -0.15) is 0 Å². The number of hydrogen-bond donors (Lipinski definition) is 2. The first kappa shape index (κ1) is 13.0. The SMILES string of the molecule is NC(=O)C1COCCN1C(=O)c1cc(C(=O)O)on1. The van der Waals surface area contributed by atoms with E-state index in [1.54, 1.807) is 0 Å². The van der Waals surface area contributed by atoms with Crippen molar-refractivity contribution < 1.29 is 28.8 Å². The number of hydrogen-bond acceptors (Lipinski definition) is 6. The van der Waals surface area contributed by atoms with Gasteiger partial charge >= 0.3 is 5.97 Å². The largest absolute Gasteiger partial charge is 0.475 e. The normalized spacial score (nSPS) is 19.2. The molecule has 2 heterocycles. The highest BCUT2D eigenvalue weighted by Gasteiger charge is 2.33. The first-order valence-corrected chi connectivity index (χ1v) is 5.38. The lowest BCUT2D eigenvalue weighted by molar-refractivity contribution is -0.127. The fourth-order valence-electron chi connectivity index (χ4n) is 1.71. The van der Waals surface area contributed by atoms with E-state index >= 15 is 0 Å². The van der Waals surface area contributed by atoms with Gasteiger partial charge in [0.2, 0.25) is 11.7 Å². The van der Waals surface area contributed by atoms with Crippen molar-refractivity contribution in [3.8, 4) is 0 Å². The molecular formula is C10H11N3O6. The van der Waals surface area contributed by atoms with Crippen molar-refractivity contribution >= 4 is 17.8 Å². The van der Waals surface area contributed by atoms with Gasteiger partial charge in [0.25, 0.3) is 5.91 Å². The monoisotopic (exact) mass is 269 g/mol. The van der Waals surface area contributed by atoms with Crippen LogP contribution in [0.3, 0.4) is 0 Å². The van der Waals surface area contributed by atoms with Crippen LogP contribution < -0.4 is 5.73 Å². The first-order chi connectivity index (χ1) is 9.00. The third-order valence-electron chi connectivity index (χ3n) is 2.66. The Balaban J connectivity index is 2.21. The fraction of sp³-hybridized carbons (Fsp3) is 0.400. The van der Waals surface area contributed by atoms with E-state index in [2.05, 4.69) is 9.68 Å².